The largest absolute Gasteiger partial charge is 0.492 e. The first kappa shape index (κ1) is 15.6. The lowest BCUT2D eigenvalue weighted by Crippen LogP contribution is -2.39. The first-order chi connectivity index (χ1) is 10.4. The van der Waals surface area contributed by atoms with Gasteiger partial charge in [-0.2, -0.15) is 0 Å². The Hall–Kier alpha value is -1.27. The second-order valence-corrected chi connectivity index (χ2v) is 8.64. The number of sulfone groups is 1. The number of halogens is 1. The molecule has 0 aromatic heterocycles. The molecule has 0 unspecified atom stereocenters. The number of hydrogen-bond donors (Lipinski definition) is 1. The van der Waals surface area contributed by atoms with Crippen molar-refractivity contribution in [3.63, 3.8) is 0 Å². The Bertz CT molecular complexity index is 689. The average molecular weight is 344 g/mol. The average Bonchev–Trinajstić information content (AvgIpc) is 2.83. The minimum atomic E-state index is -2.90. The zero-order valence-electron chi connectivity index (χ0n) is 12.0. The smallest absolute Gasteiger partial charge is 0.226 e. The Balaban J connectivity index is 1.55. The number of carbonyl (C=O) groups is 1. The van der Waals surface area contributed by atoms with Crippen LogP contribution in [-0.4, -0.2) is 39.0 Å². The highest BCUT2D eigenvalue weighted by Crippen LogP contribution is 2.29. The minimum absolute atomic E-state index is 0.0280. The molecule has 0 bridgehead atoms. The molecule has 1 N–H and O–H groups in total. The number of fused-ring (bicyclic) bond motifs is 1. The summed E-state index contributed by atoms with van der Waals surface area (Å²) < 4.78 is 28.4. The maximum Gasteiger partial charge on any atom is 0.226 e. The molecule has 7 heteroatoms. The summed E-state index contributed by atoms with van der Waals surface area (Å²) in [6, 6.07) is 5.40. The van der Waals surface area contributed by atoms with Gasteiger partial charge in [-0.05, 0) is 42.5 Å². The third-order valence-corrected chi connectivity index (χ3v) is 6.26. The third kappa shape index (κ3) is 3.55. The third-order valence-electron chi connectivity index (χ3n) is 4.19. The van der Waals surface area contributed by atoms with E-state index < -0.39 is 9.84 Å². The van der Waals surface area contributed by atoms with Crippen molar-refractivity contribution >= 4 is 27.3 Å². The standard InChI is InChI=1S/C15H18ClNO4S/c16-13-1-2-14-11(6-13)5-12(8-21-14)15(18)17-7-10-3-4-22(19,20)9-10/h1-2,6,10,12H,3-5,7-9H2,(H,17,18)/t10-,12+/m1/s1. The van der Waals surface area contributed by atoms with Crippen LogP contribution in [0.25, 0.3) is 0 Å². The van der Waals surface area contributed by atoms with E-state index in [1.165, 1.54) is 0 Å². The van der Waals surface area contributed by atoms with Crippen LogP contribution in [0, 0.1) is 11.8 Å². The van der Waals surface area contributed by atoms with Crippen molar-refractivity contribution in [3.8, 4) is 5.75 Å². The number of ether oxygens (including phenoxy) is 1. The second kappa shape index (κ2) is 6.08. The quantitative estimate of drug-likeness (QED) is 0.901. The highest BCUT2D eigenvalue weighted by atomic mass is 35.5. The van der Waals surface area contributed by atoms with Crippen LogP contribution in [0.1, 0.15) is 12.0 Å². The summed E-state index contributed by atoms with van der Waals surface area (Å²) in [5, 5.41) is 3.49. The van der Waals surface area contributed by atoms with Crippen LogP contribution in [0.15, 0.2) is 18.2 Å². The summed E-state index contributed by atoms with van der Waals surface area (Å²) in [6.07, 6.45) is 1.22. The van der Waals surface area contributed by atoms with Gasteiger partial charge < -0.3 is 10.1 Å². The van der Waals surface area contributed by atoms with Crippen LogP contribution in [0.5, 0.6) is 5.75 Å². The zero-order chi connectivity index (χ0) is 15.7. The Kier molecular flexibility index (Phi) is 4.32. The normalized spacial score (nSPS) is 26.0. The van der Waals surface area contributed by atoms with E-state index in [2.05, 4.69) is 5.32 Å². The summed E-state index contributed by atoms with van der Waals surface area (Å²) in [5.74, 6) is 0.855. The summed E-state index contributed by atoms with van der Waals surface area (Å²) in [4.78, 5) is 12.2. The molecule has 2 aliphatic heterocycles. The monoisotopic (exact) mass is 343 g/mol. The fourth-order valence-electron chi connectivity index (χ4n) is 2.95. The summed E-state index contributed by atoms with van der Waals surface area (Å²) in [6.45, 7) is 0.750. The van der Waals surface area contributed by atoms with Crippen molar-refractivity contribution in [3.05, 3.63) is 28.8 Å². The zero-order valence-corrected chi connectivity index (χ0v) is 13.6. The van der Waals surface area contributed by atoms with Gasteiger partial charge >= 0.3 is 0 Å². The predicted molar refractivity (Wildman–Crippen MR) is 83.9 cm³/mol. The van der Waals surface area contributed by atoms with E-state index in [-0.39, 0.29) is 29.2 Å². The van der Waals surface area contributed by atoms with Crippen LogP contribution in [0.3, 0.4) is 0 Å². The lowest BCUT2D eigenvalue weighted by molar-refractivity contribution is -0.126. The first-order valence-corrected chi connectivity index (χ1v) is 9.52. The Morgan fingerprint density at radius 1 is 1.41 bits per heavy atom. The van der Waals surface area contributed by atoms with Gasteiger partial charge in [0.25, 0.3) is 0 Å². The van der Waals surface area contributed by atoms with Gasteiger partial charge in [0.05, 0.1) is 17.4 Å². The van der Waals surface area contributed by atoms with E-state index in [1.54, 1.807) is 6.07 Å². The molecular formula is C15H18ClNO4S. The Morgan fingerprint density at radius 2 is 2.23 bits per heavy atom. The molecule has 0 aliphatic carbocycles. The predicted octanol–water partition coefficient (Wildman–Crippen LogP) is 1.44. The highest BCUT2D eigenvalue weighted by molar-refractivity contribution is 7.91. The van der Waals surface area contributed by atoms with E-state index in [1.807, 2.05) is 12.1 Å². The maximum atomic E-state index is 12.2. The van der Waals surface area contributed by atoms with Crippen molar-refractivity contribution in [2.24, 2.45) is 11.8 Å². The molecule has 1 aromatic carbocycles. The van der Waals surface area contributed by atoms with E-state index in [0.717, 1.165) is 11.3 Å². The minimum Gasteiger partial charge on any atom is -0.492 e. The summed E-state index contributed by atoms with van der Waals surface area (Å²) in [7, 11) is -2.90. The molecule has 0 spiro atoms. The van der Waals surface area contributed by atoms with Gasteiger partial charge in [-0.25, -0.2) is 8.42 Å². The lowest BCUT2D eigenvalue weighted by Gasteiger charge is -2.25. The number of hydrogen-bond acceptors (Lipinski definition) is 4. The van der Waals surface area contributed by atoms with Crippen LogP contribution in [0.4, 0.5) is 0 Å². The number of carbonyl (C=O) groups excluding carboxylic acids is 1. The SMILES string of the molecule is O=C(NC[C@H]1CCS(=O)(=O)C1)[C@@H]1COc2ccc(Cl)cc2C1. The van der Waals surface area contributed by atoms with Gasteiger partial charge in [-0.1, -0.05) is 11.6 Å². The Morgan fingerprint density at radius 3 is 2.95 bits per heavy atom. The molecule has 22 heavy (non-hydrogen) atoms. The molecular weight excluding hydrogens is 326 g/mol. The fraction of sp³-hybridized carbons (Fsp3) is 0.533. The number of benzene rings is 1. The second-order valence-electron chi connectivity index (χ2n) is 5.98. The molecule has 0 saturated carbocycles. The summed E-state index contributed by atoms with van der Waals surface area (Å²) in [5.41, 5.74) is 0.933. The molecule has 2 heterocycles. The van der Waals surface area contributed by atoms with Crippen LogP contribution < -0.4 is 10.1 Å². The van der Waals surface area contributed by atoms with Crippen LogP contribution >= 0.6 is 11.6 Å². The molecule has 1 amide bonds. The van der Waals surface area contributed by atoms with Gasteiger partial charge in [0.1, 0.15) is 12.4 Å². The number of amides is 1. The first-order valence-electron chi connectivity index (χ1n) is 7.32. The molecule has 1 aromatic rings. The van der Waals surface area contributed by atoms with Gasteiger partial charge in [-0.3, -0.25) is 4.79 Å². The Labute approximate surface area is 134 Å². The lowest BCUT2D eigenvalue weighted by atomic mass is 9.96. The van der Waals surface area contributed by atoms with E-state index in [9.17, 15) is 13.2 Å². The van der Waals surface area contributed by atoms with Crippen molar-refractivity contribution in [2.75, 3.05) is 24.7 Å². The summed E-state index contributed by atoms with van der Waals surface area (Å²) >= 11 is 5.96. The van der Waals surface area contributed by atoms with Gasteiger partial charge in [0.2, 0.25) is 5.91 Å². The van der Waals surface area contributed by atoms with Crippen molar-refractivity contribution in [1.29, 1.82) is 0 Å². The molecule has 2 atom stereocenters. The molecule has 1 saturated heterocycles. The molecule has 1 fully saturated rings. The van der Waals surface area contributed by atoms with Crippen molar-refractivity contribution < 1.29 is 17.9 Å². The van der Waals surface area contributed by atoms with Crippen LogP contribution in [0.2, 0.25) is 5.02 Å². The van der Waals surface area contributed by atoms with Crippen molar-refractivity contribution in [1.82, 2.24) is 5.32 Å². The molecule has 0 radical (unpaired) electrons. The van der Waals surface area contributed by atoms with Crippen LogP contribution in [-0.2, 0) is 21.1 Å². The van der Waals surface area contributed by atoms with Gasteiger partial charge in [0.15, 0.2) is 9.84 Å². The fourth-order valence-corrected chi connectivity index (χ4v) is 5.01. The topological polar surface area (TPSA) is 72.5 Å². The molecule has 120 valence electrons. The highest BCUT2D eigenvalue weighted by Gasteiger charge is 2.30. The maximum absolute atomic E-state index is 12.2. The molecule has 5 nitrogen and oxygen atoms in total. The van der Waals surface area contributed by atoms with Gasteiger partial charge in [0, 0.05) is 11.6 Å². The van der Waals surface area contributed by atoms with E-state index in [4.69, 9.17) is 16.3 Å². The number of nitrogens with one attached hydrogen (secondary N) is 1. The molecule has 2 aliphatic rings. The molecule has 3 rings (SSSR count). The number of rotatable bonds is 3. The van der Waals surface area contributed by atoms with Crippen molar-refractivity contribution in [2.45, 2.75) is 12.8 Å². The van der Waals surface area contributed by atoms with Gasteiger partial charge in [-0.15, -0.1) is 0 Å². The van der Waals surface area contributed by atoms with E-state index in [0.29, 0.717) is 31.0 Å². The van der Waals surface area contributed by atoms with E-state index >= 15 is 0 Å².